The van der Waals surface area contributed by atoms with E-state index in [-0.39, 0.29) is 0 Å². The molecule has 1 fully saturated rings. The van der Waals surface area contributed by atoms with Crippen molar-refractivity contribution in [1.29, 1.82) is 0 Å². The molecule has 1 aliphatic heterocycles. The van der Waals surface area contributed by atoms with Crippen LogP contribution < -0.4 is 16.8 Å². The fraction of sp³-hybridized carbons (Fsp3) is 1.00. The minimum Gasteiger partial charge on any atom is -0.330 e. The highest BCUT2D eigenvalue weighted by Gasteiger charge is 2.33. The first-order valence-corrected chi connectivity index (χ1v) is 4.54. The molecule has 1 aliphatic rings. The molecule has 0 spiro atoms. The molecule has 0 radical (unpaired) electrons. The summed E-state index contributed by atoms with van der Waals surface area (Å²) in [5.41, 5.74) is 10.8. The highest BCUT2D eigenvalue weighted by molar-refractivity contribution is 4.97. The van der Waals surface area contributed by atoms with Gasteiger partial charge in [0.2, 0.25) is 0 Å². The number of nitrogens with one attached hydrogen (secondary N) is 1. The van der Waals surface area contributed by atoms with Crippen molar-refractivity contribution in [3.8, 4) is 0 Å². The lowest BCUT2D eigenvalue weighted by Crippen LogP contribution is -2.04. The number of hydrogen-bond donors (Lipinski definition) is 3. The van der Waals surface area contributed by atoms with Crippen molar-refractivity contribution >= 4 is 0 Å². The smallest absolute Gasteiger partial charge is 0.0225 e. The average molecular weight is 157 g/mol. The van der Waals surface area contributed by atoms with Crippen LogP contribution in [0.3, 0.4) is 0 Å². The molecule has 1 rings (SSSR count). The summed E-state index contributed by atoms with van der Waals surface area (Å²) >= 11 is 0. The van der Waals surface area contributed by atoms with Gasteiger partial charge in [-0.1, -0.05) is 0 Å². The Morgan fingerprint density at radius 3 is 1.73 bits per heavy atom. The fourth-order valence-corrected chi connectivity index (χ4v) is 1.46. The van der Waals surface area contributed by atoms with Gasteiger partial charge in [-0.3, -0.25) is 0 Å². The topological polar surface area (TPSA) is 74.0 Å². The molecule has 3 nitrogen and oxygen atoms in total. The van der Waals surface area contributed by atoms with Crippen molar-refractivity contribution in [2.75, 3.05) is 13.1 Å². The third-order valence-corrected chi connectivity index (χ3v) is 2.24. The summed E-state index contributed by atoms with van der Waals surface area (Å²) < 4.78 is 0. The molecule has 5 N–H and O–H groups in total. The third-order valence-electron chi connectivity index (χ3n) is 2.24. The largest absolute Gasteiger partial charge is 0.330 e. The van der Waals surface area contributed by atoms with Gasteiger partial charge >= 0.3 is 0 Å². The van der Waals surface area contributed by atoms with Crippen molar-refractivity contribution in [2.45, 2.75) is 37.8 Å². The second-order valence-electron chi connectivity index (χ2n) is 3.24. The first-order chi connectivity index (χ1) is 5.38. The van der Waals surface area contributed by atoms with Crippen LogP contribution in [0.2, 0.25) is 0 Å². The molecule has 2 atom stereocenters. The van der Waals surface area contributed by atoms with Crippen LogP contribution in [0.25, 0.3) is 0 Å². The monoisotopic (exact) mass is 157 g/mol. The molecule has 1 saturated heterocycles. The molecular weight excluding hydrogens is 138 g/mol. The van der Waals surface area contributed by atoms with Gasteiger partial charge in [0.15, 0.2) is 0 Å². The van der Waals surface area contributed by atoms with E-state index in [4.69, 9.17) is 11.5 Å². The zero-order chi connectivity index (χ0) is 8.10. The van der Waals surface area contributed by atoms with Crippen LogP contribution in [0.15, 0.2) is 0 Å². The van der Waals surface area contributed by atoms with E-state index < -0.39 is 0 Å². The minimum absolute atomic E-state index is 0.755. The van der Waals surface area contributed by atoms with Gasteiger partial charge in [0.05, 0.1) is 0 Å². The Morgan fingerprint density at radius 1 is 0.909 bits per heavy atom. The lowest BCUT2D eigenvalue weighted by atomic mass is 10.1. The second kappa shape index (κ2) is 4.70. The number of hydrogen-bond acceptors (Lipinski definition) is 3. The molecular formula is C8H19N3. The average Bonchev–Trinajstić information content (AvgIpc) is 2.76. The van der Waals surface area contributed by atoms with E-state index in [9.17, 15) is 0 Å². The summed E-state index contributed by atoms with van der Waals surface area (Å²) in [6.07, 6.45) is 4.78. The van der Waals surface area contributed by atoms with Gasteiger partial charge in [0, 0.05) is 12.1 Å². The zero-order valence-electron chi connectivity index (χ0n) is 7.05. The first-order valence-electron chi connectivity index (χ1n) is 4.54. The molecule has 0 aliphatic carbocycles. The summed E-state index contributed by atoms with van der Waals surface area (Å²) in [5, 5.41) is 3.43. The van der Waals surface area contributed by atoms with Crippen LogP contribution in [0.1, 0.15) is 25.7 Å². The summed E-state index contributed by atoms with van der Waals surface area (Å²) in [7, 11) is 0. The van der Waals surface area contributed by atoms with Crippen molar-refractivity contribution in [1.82, 2.24) is 5.32 Å². The van der Waals surface area contributed by atoms with Crippen LogP contribution in [-0.4, -0.2) is 25.2 Å². The lowest BCUT2D eigenvalue weighted by molar-refractivity contribution is 0.676. The molecule has 0 aromatic rings. The van der Waals surface area contributed by atoms with Crippen LogP contribution >= 0.6 is 0 Å². The van der Waals surface area contributed by atoms with Gasteiger partial charge in [0.1, 0.15) is 0 Å². The molecule has 0 amide bonds. The number of rotatable bonds is 6. The Balaban J connectivity index is 1.89. The highest BCUT2D eigenvalue weighted by Crippen LogP contribution is 2.20. The molecule has 0 aromatic carbocycles. The maximum Gasteiger partial charge on any atom is 0.0225 e. The van der Waals surface area contributed by atoms with Crippen molar-refractivity contribution in [3.63, 3.8) is 0 Å². The Bertz CT molecular complexity index is 93.5. The molecule has 66 valence electrons. The predicted octanol–water partition coefficient (Wildman–Crippen LogP) is -0.195. The maximum atomic E-state index is 5.40. The second-order valence-corrected chi connectivity index (χ2v) is 3.24. The van der Waals surface area contributed by atoms with Crippen LogP contribution in [0, 0.1) is 0 Å². The molecule has 0 bridgehead atoms. The van der Waals surface area contributed by atoms with E-state index in [2.05, 4.69) is 5.32 Å². The Kier molecular flexibility index (Phi) is 3.83. The van der Waals surface area contributed by atoms with Gasteiger partial charge < -0.3 is 16.8 Å². The van der Waals surface area contributed by atoms with Gasteiger partial charge in [-0.2, -0.15) is 0 Å². The van der Waals surface area contributed by atoms with E-state index in [1.165, 1.54) is 12.8 Å². The molecule has 1 heterocycles. The van der Waals surface area contributed by atoms with Gasteiger partial charge in [0.25, 0.3) is 0 Å². The Labute approximate surface area is 68.5 Å². The van der Waals surface area contributed by atoms with Crippen molar-refractivity contribution in [2.24, 2.45) is 11.5 Å². The van der Waals surface area contributed by atoms with Crippen LogP contribution in [0.5, 0.6) is 0 Å². The van der Waals surface area contributed by atoms with E-state index in [1.54, 1.807) is 0 Å². The van der Waals surface area contributed by atoms with E-state index in [1.807, 2.05) is 0 Å². The van der Waals surface area contributed by atoms with Gasteiger partial charge in [-0.05, 0) is 38.8 Å². The predicted molar refractivity (Wildman–Crippen MR) is 47.3 cm³/mol. The Hall–Kier alpha value is -0.120. The van der Waals surface area contributed by atoms with Crippen LogP contribution in [-0.2, 0) is 0 Å². The summed E-state index contributed by atoms with van der Waals surface area (Å²) in [6.45, 7) is 1.64. The molecule has 2 unspecified atom stereocenters. The fourth-order valence-electron chi connectivity index (χ4n) is 1.46. The quantitative estimate of drug-likeness (QED) is 0.468. The normalized spacial score (nSPS) is 28.9. The lowest BCUT2D eigenvalue weighted by Gasteiger charge is -1.94. The SMILES string of the molecule is NCCCC1NC1CCCN. The molecule has 0 saturated carbocycles. The van der Waals surface area contributed by atoms with Crippen LogP contribution in [0.4, 0.5) is 0 Å². The molecule has 3 heteroatoms. The van der Waals surface area contributed by atoms with Gasteiger partial charge in [-0.15, -0.1) is 0 Å². The van der Waals surface area contributed by atoms with Gasteiger partial charge in [-0.25, -0.2) is 0 Å². The Morgan fingerprint density at radius 2 is 1.36 bits per heavy atom. The zero-order valence-corrected chi connectivity index (χ0v) is 7.05. The van der Waals surface area contributed by atoms with E-state index in [0.717, 1.165) is 38.0 Å². The minimum atomic E-state index is 0.755. The summed E-state index contributed by atoms with van der Waals surface area (Å²) in [5.74, 6) is 0. The van der Waals surface area contributed by atoms with E-state index in [0.29, 0.717) is 0 Å². The van der Waals surface area contributed by atoms with Crippen molar-refractivity contribution in [3.05, 3.63) is 0 Å². The molecule has 11 heavy (non-hydrogen) atoms. The third kappa shape index (κ3) is 3.18. The van der Waals surface area contributed by atoms with E-state index >= 15 is 0 Å². The highest BCUT2D eigenvalue weighted by atomic mass is 15.1. The summed E-state index contributed by atoms with van der Waals surface area (Å²) in [6, 6.07) is 1.51. The van der Waals surface area contributed by atoms with Crippen molar-refractivity contribution < 1.29 is 0 Å². The molecule has 0 aromatic heterocycles. The standard InChI is InChI=1S/C8H19N3/c9-5-1-3-7-8(11-7)4-2-6-10/h7-8,11H,1-6,9-10H2. The summed E-state index contributed by atoms with van der Waals surface area (Å²) in [4.78, 5) is 0. The number of nitrogens with two attached hydrogens (primary N) is 2. The maximum absolute atomic E-state index is 5.40. The first kappa shape index (κ1) is 8.97.